The smallest absolute Gasteiger partial charge is 0.0971 e. The normalized spacial score (nSPS) is 11.8. The van der Waals surface area contributed by atoms with E-state index in [-0.39, 0.29) is 0 Å². The molecule has 4 nitrogen and oxygen atoms in total. The minimum atomic E-state index is 0.893. The van der Waals surface area contributed by atoms with Gasteiger partial charge in [0.1, 0.15) is 0 Å². The molecule has 0 aliphatic carbocycles. The van der Waals surface area contributed by atoms with Gasteiger partial charge in [-0.1, -0.05) is 97.1 Å². The summed E-state index contributed by atoms with van der Waals surface area (Å²) in [6, 6.07) is 44.9. The summed E-state index contributed by atoms with van der Waals surface area (Å²) in [5, 5.41) is 8.38. The number of benzene rings is 5. The van der Waals surface area contributed by atoms with E-state index in [9.17, 15) is 0 Å². The Morgan fingerprint density at radius 2 is 1.23 bits per heavy atom. The molecule has 0 saturated carbocycles. The average Bonchev–Trinajstić information content (AvgIpc) is 3.53. The van der Waals surface area contributed by atoms with E-state index in [0.29, 0.717) is 0 Å². The Balaban J connectivity index is 1.05. The average molecular weight is 617 g/mol. The van der Waals surface area contributed by atoms with Crippen LogP contribution in [0.5, 0.6) is 0 Å². The molecule has 218 valence electrons. The Kier molecular flexibility index (Phi) is 5.71. The molecule has 47 heavy (non-hydrogen) atoms. The van der Waals surface area contributed by atoms with Crippen LogP contribution in [0.4, 0.5) is 0 Å². The lowest BCUT2D eigenvalue weighted by molar-refractivity contribution is 1.32. The largest absolute Gasteiger partial charge is 0.256 e. The van der Waals surface area contributed by atoms with Crippen LogP contribution in [0.15, 0.2) is 146 Å². The van der Waals surface area contributed by atoms with Crippen molar-refractivity contribution in [1.82, 2.24) is 19.9 Å². The molecule has 10 aromatic rings. The molecule has 5 heterocycles. The predicted octanol–water partition coefficient (Wildman–Crippen LogP) is 11.2. The molecular formula is C42H24N4S. The van der Waals surface area contributed by atoms with Gasteiger partial charge in [0.2, 0.25) is 0 Å². The molecule has 0 bridgehead atoms. The lowest BCUT2D eigenvalue weighted by Crippen LogP contribution is -1.91. The van der Waals surface area contributed by atoms with Crippen LogP contribution >= 0.6 is 11.3 Å². The van der Waals surface area contributed by atoms with Crippen molar-refractivity contribution < 1.29 is 0 Å². The van der Waals surface area contributed by atoms with Crippen molar-refractivity contribution >= 4 is 75.0 Å². The molecule has 0 fully saturated rings. The summed E-state index contributed by atoms with van der Waals surface area (Å²) >= 11 is 1.87. The van der Waals surface area contributed by atoms with Crippen molar-refractivity contribution in [3.8, 4) is 33.6 Å². The van der Waals surface area contributed by atoms with E-state index in [4.69, 9.17) is 9.97 Å². The van der Waals surface area contributed by atoms with Gasteiger partial charge in [0.15, 0.2) is 0 Å². The van der Waals surface area contributed by atoms with E-state index in [1.54, 1.807) is 0 Å². The van der Waals surface area contributed by atoms with E-state index in [0.717, 1.165) is 61.0 Å². The Morgan fingerprint density at radius 1 is 0.468 bits per heavy atom. The van der Waals surface area contributed by atoms with Gasteiger partial charge in [0.05, 0.1) is 27.9 Å². The molecule has 0 aliphatic heterocycles. The molecule has 0 saturated heterocycles. The van der Waals surface area contributed by atoms with Crippen LogP contribution in [-0.2, 0) is 0 Å². The second-order valence-corrected chi connectivity index (χ2v) is 12.9. The van der Waals surface area contributed by atoms with E-state index in [1.165, 1.54) is 36.3 Å². The second-order valence-electron chi connectivity index (χ2n) is 11.8. The summed E-state index contributed by atoms with van der Waals surface area (Å²) in [5.41, 5.74) is 9.04. The lowest BCUT2D eigenvalue weighted by atomic mass is 9.97. The van der Waals surface area contributed by atoms with E-state index >= 15 is 0 Å². The van der Waals surface area contributed by atoms with Crippen molar-refractivity contribution in [3.05, 3.63) is 146 Å². The van der Waals surface area contributed by atoms with Crippen LogP contribution in [0.3, 0.4) is 0 Å². The minimum absolute atomic E-state index is 0.893. The summed E-state index contributed by atoms with van der Waals surface area (Å²) in [6.45, 7) is 0. The van der Waals surface area contributed by atoms with Crippen LogP contribution in [0.25, 0.3) is 97.3 Å². The van der Waals surface area contributed by atoms with Crippen molar-refractivity contribution in [2.24, 2.45) is 0 Å². The second kappa shape index (κ2) is 10.2. The number of pyridine rings is 4. The third kappa shape index (κ3) is 4.07. The van der Waals surface area contributed by atoms with Crippen LogP contribution < -0.4 is 0 Å². The molecule has 5 heteroatoms. The fraction of sp³-hybridized carbons (Fsp3) is 0. The first-order valence-corrected chi connectivity index (χ1v) is 16.4. The highest BCUT2D eigenvalue weighted by molar-refractivity contribution is 7.26. The summed E-state index contributed by atoms with van der Waals surface area (Å²) in [7, 11) is 0. The molecule has 5 aromatic carbocycles. The van der Waals surface area contributed by atoms with Crippen LogP contribution in [0.2, 0.25) is 0 Å². The molecular weight excluding hydrogens is 593 g/mol. The molecule has 10 rings (SSSR count). The maximum atomic E-state index is 5.21. The van der Waals surface area contributed by atoms with Gasteiger partial charge in [-0.3, -0.25) is 15.0 Å². The first-order chi connectivity index (χ1) is 23.3. The van der Waals surface area contributed by atoms with Gasteiger partial charge in [0.25, 0.3) is 0 Å². The fourth-order valence-corrected chi connectivity index (χ4v) is 8.22. The van der Waals surface area contributed by atoms with E-state index in [2.05, 4.69) is 125 Å². The Hall–Kier alpha value is -6.04. The molecule has 0 unspecified atom stereocenters. The fourth-order valence-electron chi connectivity index (χ4n) is 6.96. The zero-order valence-electron chi connectivity index (χ0n) is 25.1. The van der Waals surface area contributed by atoms with Crippen LogP contribution in [-0.4, -0.2) is 19.9 Å². The van der Waals surface area contributed by atoms with E-state index in [1.807, 2.05) is 42.1 Å². The summed E-state index contributed by atoms with van der Waals surface area (Å²) in [4.78, 5) is 19.4. The van der Waals surface area contributed by atoms with E-state index < -0.39 is 0 Å². The lowest BCUT2D eigenvalue weighted by Gasteiger charge is -2.12. The highest BCUT2D eigenvalue weighted by atomic mass is 32.1. The van der Waals surface area contributed by atoms with Crippen LogP contribution in [0.1, 0.15) is 0 Å². The highest BCUT2D eigenvalue weighted by Gasteiger charge is 2.16. The molecule has 0 amide bonds. The minimum Gasteiger partial charge on any atom is -0.256 e. The summed E-state index contributed by atoms with van der Waals surface area (Å²) in [5.74, 6) is 0. The number of thiophene rings is 1. The first-order valence-electron chi connectivity index (χ1n) is 15.6. The van der Waals surface area contributed by atoms with Gasteiger partial charge >= 0.3 is 0 Å². The quantitative estimate of drug-likeness (QED) is 0.185. The Bertz CT molecular complexity index is 2840. The molecule has 5 aromatic heterocycles. The van der Waals surface area contributed by atoms with Crippen molar-refractivity contribution in [2.75, 3.05) is 0 Å². The monoisotopic (exact) mass is 616 g/mol. The maximum Gasteiger partial charge on any atom is 0.0971 e. The Labute approximate surface area is 273 Å². The molecule has 0 N–H and O–H groups in total. The number of nitrogens with zero attached hydrogens (tertiary/aromatic N) is 4. The van der Waals surface area contributed by atoms with Crippen LogP contribution in [0, 0.1) is 0 Å². The standard InChI is InChI=1S/C42H24N4S/c1-3-9-36-33(8-1)38-34(19-18-32-30-7-2-4-10-37(30)47-42(32)38)39(46-36)27-13-11-25(12-14-27)28-16-20-35(45-24-28)29-21-23-44-41-31(29)17-15-26-6-5-22-43-40(26)41/h1-24H. The van der Waals surface area contributed by atoms with Gasteiger partial charge in [-0.15, -0.1) is 11.3 Å². The molecule has 0 radical (unpaired) electrons. The predicted molar refractivity (Wildman–Crippen MR) is 197 cm³/mol. The zero-order chi connectivity index (χ0) is 30.9. The molecule has 0 spiro atoms. The topological polar surface area (TPSA) is 51.6 Å². The van der Waals surface area contributed by atoms with Crippen molar-refractivity contribution in [3.63, 3.8) is 0 Å². The van der Waals surface area contributed by atoms with Gasteiger partial charge in [0, 0.05) is 82.4 Å². The van der Waals surface area contributed by atoms with Gasteiger partial charge in [-0.25, -0.2) is 4.98 Å². The number of rotatable bonds is 3. The van der Waals surface area contributed by atoms with Gasteiger partial charge in [-0.2, -0.15) is 0 Å². The van der Waals surface area contributed by atoms with Gasteiger partial charge < -0.3 is 0 Å². The first kappa shape index (κ1) is 26.2. The van der Waals surface area contributed by atoms with Gasteiger partial charge in [-0.05, 0) is 35.9 Å². The zero-order valence-corrected chi connectivity index (χ0v) is 25.9. The number of hydrogen-bond acceptors (Lipinski definition) is 5. The molecule has 0 atom stereocenters. The SMILES string of the molecule is c1cnc2c(c1)ccc1c(-c3ccc(-c4ccc(-c5nc6ccccc6c6c5ccc5c7ccccc7sc56)cc4)cn3)ccnc12. The third-order valence-electron chi connectivity index (χ3n) is 9.22. The summed E-state index contributed by atoms with van der Waals surface area (Å²) < 4.78 is 2.63. The number of aromatic nitrogens is 4. The number of fused-ring (bicyclic) bond motifs is 10. The number of para-hydroxylation sites is 1. The Morgan fingerprint density at radius 3 is 2.13 bits per heavy atom. The third-order valence-corrected chi connectivity index (χ3v) is 10.4. The van der Waals surface area contributed by atoms with Crippen molar-refractivity contribution in [2.45, 2.75) is 0 Å². The molecule has 0 aliphatic rings. The summed E-state index contributed by atoms with van der Waals surface area (Å²) in [6.07, 6.45) is 5.62. The van der Waals surface area contributed by atoms with Crippen molar-refractivity contribution in [1.29, 1.82) is 0 Å². The highest BCUT2D eigenvalue weighted by Crippen LogP contribution is 2.43. The maximum absolute atomic E-state index is 5.21. The number of hydrogen-bond donors (Lipinski definition) is 0.